The summed E-state index contributed by atoms with van der Waals surface area (Å²) >= 11 is 0. The molecule has 1 atom stereocenters. The van der Waals surface area contributed by atoms with Crippen LogP contribution in [0.1, 0.15) is 66.4 Å². The maximum Gasteiger partial charge on any atom is 0.274 e. The third kappa shape index (κ3) is 6.70. The van der Waals surface area contributed by atoms with Crippen LogP contribution in [-0.2, 0) is 21.4 Å². The summed E-state index contributed by atoms with van der Waals surface area (Å²) in [5.41, 5.74) is 2.15. The van der Waals surface area contributed by atoms with E-state index < -0.39 is 73.4 Å². The van der Waals surface area contributed by atoms with Gasteiger partial charge in [0.05, 0.1) is 12.2 Å². The Bertz CT molecular complexity index is 1690. The van der Waals surface area contributed by atoms with Gasteiger partial charge in [-0.15, -0.1) is 0 Å². The van der Waals surface area contributed by atoms with E-state index in [2.05, 4.69) is 0 Å². The number of sulfonamides is 1. The molecule has 4 rings (SSSR count). The van der Waals surface area contributed by atoms with Crippen LogP contribution in [0.3, 0.4) is 0 Å². The average molecular weight is 658 g/mol. The molecule has 0 aromatic heterocycles. The molecule has 0 aliphatic heterocycles. The van der Waals surface area contributed by atoms with Gasteiger partial charge in [0.15, 0.2) is 28.2 Å². The molecule has 2 amide bonds. The maximum absolute atomic E-state index is 15.4. The number of rotatable bonds is 9. The number of likely N-dealkylation sites (N-methyl/N-ethyl adjacent to an activating group) is 1. The van der Waals surface area contributed by atoms with Gasteiger partial charge in [0.2, 0.25) is 21.7 Å². The van der Waals surface area contributed by atoms with Crippen LogP contribution in [0.15, 0.2) is 47.4 Å². The van der Waals surface area contributed by atoms with E-state index in [-0.39, 0.29) is 16.4 Å². The first kappa shape index (κ1) is 33.9. The zero-order valence-corrected chi connectivity index (χ0v) is 24.9. The molecular formula is C30H29F6N3O5S. The highest BCUT2D eigenvalue weighted by molar-refractivity contribution is 7.89. The van der Waals surface area contributed by atoms with Crippen LogP contribution in [0.25, 0.3) is 0 Å². The molecule has 0 radical (unpaired) electrons. The number of halogens is 6. The molecule has 1 aliphatic rings. The van der Waals surface area contributed by atoms with Crippen molar-refractivity contribution in [1.29, 1.82) is 0 Å². The monoisotopic (exact) mass is 657 g/mol. The third-order valence-corrected chi connectivity index (χ3v) is 9.92. The van der Waals surface area contributed by atoms with E-state index in [0.717, 1.165) is 61.6 Å². The van der Waals surface area contributed by atoms with Gasteiger partial charge in [-0.2, -0.15) is 4.31 Å². The van der Waals surface area contributed by atoms with Gasteiger partial charge < -0.3 is 4.90 Å². The molecule has 1 aliphatic carbocycles. The Balaban J connectivity index is 1.72. The van der Waals surface area contributed by atoms with E-state index in [1.165, 1.54) is 5.48 Å². The number of carbonyl (C=O) groups is 2. The van der Waals surface area contributed by atoms with Gasteiger partial charge in [-0.1, -0.05) is 43.5 Å². The first-order valence-corrected chi connectivity index (χ1v) is 15.3. The molecule has 45 heavy (non-hydrogen) atoms. The Kier molecular flexibility index (Phi) is 10.2. The van der Waals surface area contributed by atoms with E-state index in [1.807, 2.05) is 12.1 Å². The van der Waals surface area contributed by atoms with Gasteiger partial charge in [-0.25, -0.2) is 40.2 Å². The summed E-state index contributed by atoms with van der Waals surface area (Å²) in [5.74, 6) is -15.7. The van der Waals surface area contributed by atoms with Gasteiger partial charge in [0.25, 0.3) is 5.91 Å². The van der Waals surface area contributed by atoms with Crippen molar-refractivity contribution in [2.45, 2.75) is 62.4 Å². The van der Waals surface area contributed by atoms with Crippen molar-refractivity contribution in [3.63, 3.8) is 0 Å². The largest absolute Gasteiger partial charge is 0.304 e. The van der Waals surface area contributed by atoms with Crippen molar-refractivity contribution < 1.29 is 49.6 Å². The van der Waals surface area contributed by atoms with Gasteiger partial charge in [0, 0.05) is 12.6 Å². The molecule has 242 valence electrons. The smallest absolute Gasteiger partial charge is 0.274 e. The molecule has 0 heterocycles. The predicted molar refractivity (Wildman–Crippen MR) is 150 cm³/mol. The zero-order valence-electron chi connectivity index (χ0n) is 24.1. The number of nitrogens with one attached hydrogen (secondary N) is 1. The van der Waals surface area contributed by atoms with E-state index in [0.29, 0.717) is 24.6 Å². The minimum absolute atomic E-state index is 0.109. The maximum atomic E-state index is 15.4. The summed E-state index contributed by atoms with van der Waals surface area (Å²) in [7, 11) is -4.84. The minimum atomic E-state index is -5.53. The lowest BCUT2D eigenvalue weighted by atomic mass is 9.84. The Morgan fingerprint density at radius 1 is 0.889 bits per heavy atom. The second kappa shape index (κ2) is 13.6. The van der Waals surface area contributed by atoms with Crippen LogP contribution in [0.2, 0.25) is 0 Å². The lowest BCUT2D eigenvalue weighted by Gasteiger charge is -2.31. The molecule has 15 heteroatoms. The number of benzene rings is 3. The predicted octanol–water partition coefficient (Wildman–Crippen LogP) is 5.93. The third-order valence-electron chi connectivity index (χ3n) is 7.97. The molecule has 0 unspecified atom stereocenters. The van der Waals surface area contributed by atoms with E-state index in [9.17, 15) is 40.0 Å². The Labute approximate surface area is 255 Å². The second-order valence-electron chi connectivity index (χ2n) is 10.7. The van der Waals surface area contributed by atoms with Crippen LogP contribution >= 0.6 is 0 Å². The standard InChI is InChI=1S/C30H29F6N3O5S/c1-16(38(2)45(43,44)28-26(35)24(33)23(32)25(34)27(28)36)30(41)39(22-13-12-20(14-21(22)31)29(40)37-42)15-17-8-10-19(11-9-17)18-6-4-3-5-7-18/h8-14,16,18,42H,3-7,15H2,1-2H3,(H,37,40)/t16-/m1/s1. The van der Waals surface area contributed by atoms with Gasteiger partial charge >= 0.3 is 0 Å². The first-order valence-electron chi connectivity index (χ1n) is 13.8. The fraction of sp³-hybridized carbons (Fsp3) is 0.333. The molecule has 8 nitrogen and oxygen atoms in total. The minimum Gasteiger partial charge on any atom is -0.304 e. The summed E-state index contributed by atoms with van der Waals surface area (Å²) < 4.78 is 112. The molecule has 0 spiro atoms. The Morgan fingerprint density at radius 2 is 1.44 bits per heavy atom. The Hall–Kier alpha value is -3.95. The highest BCUT2D eigenvalue weighted by Gasteiger charge is 2.40. The highest BCUT2D eigenvalue weighted by Crippen LogP contribution is 2.34. The number of nitrogens with zero attached hydrogens (tertiary/aromatic N) is 2. The fourth-order valence-electron chi connectivity index (χ4n) is 5.27. The normalized spacial score (nSPS) is 14.8. The highest BCUT2D eigenvalue weighted by atomic mass is 32.2. The van der Waals surface area contributed by atoms with E-state index in [1.54, 1.807) is 12.1 Å². The van der Waals surface area contributed by atoms with Crippen LogP contribution < -0.4 is 10.4 Å². The summed E-state index contributed by atoms with van der Waals surface area (Å²) in [5, 5.41) is 8.88. The summed E-state index contributed by atoms with van der Waals surface area (Å²) in [6, 6.07) is 8.09. The van der Waals surface area contributed by atoms with Crippen molar-refractivity contribution in [3.8, 4) is 0 Å². The molecular weight excluding hydrogens is 628 g/mol. The molecule has 0 saturated heterocycles. The number of hydrogen-bond acceptors (Lipinski definition) is 5. The van der Waals surface area contributed by atoms with Crippen molar-refractivity contribution in [2.75, 3.05) is 11.9 Å². The number of amides is 2. The van der Waals surface area contributed by atoms with Crippen molar-refractivity contribution in [1.82, 2.24) is 9.79 Å². The van der Waals surface area contributed by atoms with Crippen molar-refractivity contribution in [2.24, 2.45) is 0 Å². The number of carbonyl (C=O) groups excluding carboxylic acids is 2. The van der Waals surface area contributed by atoms with Crippen LogP contribution in [0, 0.1) is 34.9 Å². The zero-order chi connectivity index (χ0) is 33.2. The lowest BCUT2D eigenvalue weighted by molar-refractivity contribution is -0.121. The number of hydrogen-bond donors (Lipinski definition) is 2. The number of anilines is 1. The molecule has 0 bridgehead atoms. The number of hydroxylamine groups is 1. The van der Waals surface area contributed by atoms with Crippen molar-refractivity contribution >= 4 is 27.5 Å². The van der Waals surface area contributed by atoms with Gasteiger partial charge in [-0.3, -0.25) is 14.8 Å². The quantitative estimate of drug-likeness (QED) is 0.0976. The molecule has 3 aromatic rings. The summed E-state index contributed by atoms with van der Waals surface area (Å²) in [6.07, 6.45) is 5.38. The van der Waals surface area contributed by atoms with Gasteiger partial charge in [-0.05, 0) is 55.0 Å². The van der Waals surface area contributed by atoms with Crippen LogP contribution in [0.5, 0.6) is 0 Å². The molecule has 2 N–H and O–H groups in total. The first-order chi connectivity index (χ1) is 21.2. The fourth-order valence-corrected chi connectivity index (χ4v) is 6.70. The van der Waals surface area contributed by atoms with Crippen molar-refractivity contribution in [3.05, 3.63) is 94.1 Å². The van der Waals surface area contributed by atoms with E-state index in [4.69, 9.17) is 5.21 Å². The van der Waals surface area contributed by atoms with Crippen LogP contribution in [0.4, 0.5) is 32.0 Å². The average Bonchev–Trinajstić information content (AvgIpc) is 3.04. The molecule has 1 saturated carbocycles. The summed E-state index contributed by atoms with van der Waals surface area (Å²) in [6.45, 7) is 0.642. The Morgan fingerprint density at radius 3 is 1.98 bits per heavy atom. The van der Waals surface area contributed by atoms with Gasteiger partial charge in [0.1, 0.15) is 11.9 Å². The van der Waals surface area contributed by atoms with Crippen LogP contribution in [-0.4, -0.2) is 42.8 Å². The lowest BCUT2D eigenvalue weighted by Crippen LogP contribution is -2.48. The molecule has 1 fully saturated rings. The summed E-state index contributed by atoms with van der Waals surface area (Å²) in [4.78, 5) is 24.3. The topological polar surface area (TPSA) is 107 Å². The SMILES string of the molecule is C[C@H](C(=O)N(Cc1ccc(C2CCCCC2)cc1)c1ccc(C(=O)NO)cc1F)N(C)S(=O)(=O)c1c(F)c(F)c(F)c(F)c1F. The molecule has 3 aromatic carbocycles. The van der Waals surface area contributed by atoms with E-state index >= 15 is 4.39 Å². The second-order valence-corrected chi connectivity index (χ2v) is 12.6.